The van der Waals surface area contributed by atoms with Gasteiger partial charge in [-0.3, -0.25) is 0 Å². The molecular formula is C31H42N2O4. The molecule has 0 atom stereocenters. The van der Waals surface area contributed by atoms with E-state index in [1.165, 1.54) is 25.6 Å². The molecular weight excluding hydrogens is 464 g/mol. The summed E-state index contributed by atoms with van der Waals surface area (Å²) >= 11 is 0. The van der Waals surface area contributed by atoms with Crippen molar-refractivity contribution in [1.82, 2.24) is 4.90 Å². The minimum absolute atomic E-state index is 0.238. The van der Waals surface area contributed by atoms with Gasteiger partial charge < -0.3 is 24.0 Å². The van der Waals surface area contributed by atoms with Crippen LogP contribution >= 0.6 is 0 Å². The molecule has 2 aliphatic heterocycles. The van der Waals surface area contributed by atoms with Gasteiger partial charge in [-0.25, -0.2) is 4.79 Å². The number of fused-ring (bicyclic) bond motifs is 1. The molecule has 0 spiro atoms. The van der Waals surface area contributed by atoms with Crippen molar-refractivity contribution >= 4 is 17.7 Å². The summed E-state index contributed by atoms with van der Waals surface area (Å²) in [5, 5.41) is 0. The molecule has 37 heavy (non-hydrogen) atoms. The number of unbranched alkanes of at least 4 members (excludes halogenated alkanes) is 1. The number of nitrogens with zero attached hydrogens (tertiary/aromatic N) is 2. The lowest BCUT2D eigenvalue weighted by atomic mass is 9.95. The fourth-order valence-corrected chi connectivity index (χ4v) is 5.12. The highest BCUT2D eigenvalue weighted by atomic mass is 16.5. The van der Waals surface area contributed by atoms with Crippen LogP contribution in [0.5, 0.6) is 5.75 Å². The van der Waals surface area contributed by atoms with Crippen LogP contribution in [0.15, 0.2) is 48.0 Å². The standard InChI is InChI=1S/C31H42N2O4/c1-4-5-18-36-19-20-37-29-9-6-25(7-10-29)26-8-11-30-28(21-26)22-27(31(34)35-3)14-17-33(30)23-24-12-15-32(2)16-13-24/h6-11,21-22,24H,4-5,12-20,23H2,1-3H3. The first kappa shape index (κ1) is 27.2. The number of benzene rings is 2. The predicted molar refractivity (Wildman–Crippen MR) is 150 cm³/mol. The van der Waals surface area contributed by atoms with Crippen LogP contribution in [0.2, 0.25) is 0 Å². The van der Waals surface area contributed by atoms with Crippen molar-refractivity contribution < 1.29 is 19.0 Å². The molecule has 6 heteroatoms. The molecule has 6 nitrogen and oxygen atoms in total. The van der Waals surface area contributed by atoms with Gasteiger partial charge in [0, 0.05) is 31.0 Å². The molecule has 0 unspecified atom stereocenters. The van der Waals surface area contributed by atoms with E-state index < -0.39 is 0 Å². The number of likely N-dealkylation sites (tertiary alicyclic amines) is 1. The van der Waals surface area contributed by atoms with Gasteiger partial charge in [0.05, 0.1) is 13.7 Å². The maximum Gasteiger partial charge on any atom is 0.333 e. The number of methoxy groups -OCH3 is 1. The van der Waals surface area contributed by atoms with Gasteiger partial charge in [0.15, 0.2) is 0 Å². The molecule has 200 valence electrons. The Hall–Kier alpha value is -2.83. The van der Waals surface area contributed by atoms with Gasteiger partial charge in [-0.15, -0.1) is 0 Å². The van der Waals surface area contributed by atoms with E-state index in [0.29, 0.717) is 25.6 Å². The van der Waals surface area contributed by atoms with E-state index in [1.54, 1.807) is 0 Å². The largest absolute Gasteiger partial charge is 0.491 e. The number of hydrogen-bond donors (Lipinski definition) is 0. The van der Waals surface area contributed by atoms with Crippen molar-refractivity contribution in [3.05, 3.63) is 53.6 Å². The fourth-order valence-electron chi connectivity index (χ4n) is 5.12. The van der Waals surface area contributed by atoms with E-state index in [4.69, 9.17) is 14.2 Å². The zero-order valence-corrected chi connectivity index (χ0v) is 22.7. The fraction of sp³-hybridized carbons (Fsp3) is 0.516. The van der Waals surface area contributed by atoms with Crippen molar-refractivity contribution in [1.29, 1.82) is 0 Å². The van der Waals surface area contributed by atoms with E-state index in [0.717, 1.165) is 73.6 Å². The summed E-state index contributed by atoms with van der Waals surface area (Å²) in [6.07, 6.45) is 7.38. The Kier molecular flexibility index (Phi) is 10.0. The highest BCUT2D eigenvalue weighted by molar-refractivity contribution is 5.96. The lowest BCUT2D eigenvalue weighted by Gasteiger charge is -2.34. The van der Waals surface area contributed by atoms with Crippen LogP contribution in [-0.2, 0) is 14.3 Å². The lowest BCUT2D eigenvalue weighted by Crippen LogP contribution is -2.37. The van der Waals surface area contributed by atoms with E-state index in [9.17, 15) is 4.79 Å². The Morgan fingerprint density at radius 1 is 0.973 bits per heavy atom. The van der Waals surface area contributed by atoms with E-state index in [2.05, 4.69) is 54.1 Å². The first-order chi connectivity index (χ1) is 18.1. The second-order valence-corrected chi connectivity index (χ2v) is 10.2. The number of esters is 1. The van der Waals surface area contributed by atoms with Crippen LogP contribution < -0.4 is 9.64 Å². The number of carbonyl (C=O) groups excluding carboxylic acids is 1. The van der Waals surface area contributed by atoms with Gasteiger partial charge in [0.1, 0.15) is 12.4 Å². The number of rotatable bonds is 11. The second kappa shape index (κ2) is 13.6. The predicted octanol–water partition coefficient (Wildman–Crippen LogP) is 5.66. The smallest absolute Gasteiger partial charge is 0.333 e. The number of piperidine rings is 1. The summed E-state index contributed by atoms with van der Waals surface area (Å²) in [7, 11) is 3.66. The van der Waals surface area contributed by atoms with Crippen LogP contribution in [0.25, 0.3) is 17.2 Å². The Morgan fingerprint density at radius 3 is 2.46 bits per heavy atom. The Morgan fingerprint density at radius 2 is 1.73 bits per heavy atom. The SMILES string of the molecule is CCCCOCCOc1ccc(-c2ccc3c(c2)C=C(C(=O)OC)CCN3CC2CCN(C)CC2)cc1. The first-order valence-corrected chi connectivity index (χ1v) is 13.7. The molecule has 1 saturated heterocycles. The topological polar surface area (TPSA) is 51.2 Å². The minimum Gasteiger partial charge on any atom is -0.491 e. The molecule has 0 N–H and O–H groups in total. The Balaban J connectivity index is 1.48. The van der Waals surface area contributed by atoms with Gasteiger partial charge in [-0.1, -0.05) is 31.5 Å². The zero-order chi connectivity index (χ0) is 26.0. The summed E-state index contributed by atoms with van der Waals surface area (Å²) in [6.45, 7) is 8.27. The highest BCUT2D eigenvalue weighted by Crippen LogP contribution is 2.34. The number of anilines is 1. The summed E-state index contributed by atoms with van der Waals surface area (Å²) < 4.78 is 16.5. The molecule has 2 aliphatic rings. The third kappa shape index (κ3) is 7.59. The summed E-state index contributed by atoms with van der Waals surface area (Å²) in [5.41, 5.74) is 5.25. The molecule has 4 rings (SSSR count). The molecule has 2 aromatic rings. The molecule has 0 bridgehead atoms. The minimum atomic E-state index is -0.238. The third-order valence-corrected chi connectivity index (χ3v) is 7.44. The van der Waals surface area contributed by atoms with Crippen LogP contribution in [0, 0.1) is 5.92 Å². The van der Waals surface area contributed by atoms with E-state index in [1.807, 2.05) is 18.2 Å². The molecule has 2 heterocycles. The maximum atomic E-state index is 12.5. The van der Waals surface area contributed by atoms with E-state index >= 15 is 0 Å². The monoisotopic (exact) mass is 506 g/mol. The lowest BCUT2D eigenvalue weighted by molar-refractivity contribution is -0.136. The highest BCUT2D eigenvalue weighted by Gasteiger charge is 2.24. The summed E-state index contributed by atoms with van der Waals surface area (Å²) in [4.78, 5) is 17.4. The summed E-state index contributed by atoms with van der Waals surface area (Å²) in [5.74, 6) is 1.28. The molecule has 0 aliphatic carbocycles. The average Bonchev–Trinajstić information content (AvgIpc) is 3.11. The molecule has 0 amide bonds. The van der Waals surface area contributed by atoms with Gasteiger partial charge in [-0.2, -0.15) is 0 Å². The maximum absolute atomic E-state index is 12.5. The van der Waals surface area contributed by atoms with Crippen molar-refractivity contribution in [2.45, 2.75) is 39.0 Å². The second-order valence-electron chi connectivity index (χ2n) is 10.2. The quantitative estimate of drug-likeness (QED) is 0.290. The van der Waals surface area contributed by atoms with Crippen molar-refractivity contribution in [2.75, 3.05) is 65.1 Å². The van der Waals surface area contributed by atoms with Crippen molar-refractivity contribution in [2.24, 2.45) is 5.92 Å². The third-order valence-electron chi connectivity index (χ3n) is 7.44. The molecule has 0 aromatic heterocycles. The molecule has 2 aromatic carbocycles. The molecule has 0 radical (unpaired) electrons. The molecule has 1 fully saturated rings. The van der Waals surface area contributed by atoms with Crippen molar-refractivity contribution in [3.63, 3.8) is 0 Å². The zero-order valence-electron chi connectivity index (χ0n) is 22.7. The van der Waals surface area contributed by atoms with Crippen LogP contribution in [-0.4, -0.2) is 71.0 Å². The number of hydrogen-bond acceptors (Lipinski definition) is 6. The summed E-state index contributed by atoms with van der Waals surface area (Å²) in [6, 6.07) is 14.8. The van der Waals surface area contributed by atoms with Crippen molar-refractivity contribution in [3.8, 4) is 16.9 Å². The number of ether oxygens (including phenoxy) is 3. The van der Waals surface area contributed by atoms with Crippen LogP contribution in [0.3, 0.4) is 0 Å². The van der Waals surface area contributed by atoms with Gasteiger partial charge in [-0.05, 0) is 98.8 Å². The van der Waals surface area contributed by atoms with Crippen LogP contribution in [0.4, 0.5) is 5.69 Å². The normalized spacial score (nSPS) is 16.6. The van der Waals surface area contributed by atoms with Gasteiger partial charge in [0.25, 0.3) is 0 Å². The first-order valence-electron chi connectivity index (χ1n) is 13.7. The Labute approximate surface area is 222 Å². The van der Waals surface area contributed by atoms with Crippen LogP contribution in [0.1, 0.15) is 44.6 Å². The van der Waals surface area contributed by atoms with Gasteiger partial charge in [0.2, 0.25) is 0 Å². The average molecular weight is 507 g/mol. The van der Waals surface area contributed by atoms with E-state index in [-0.39, 0.29) is 5.97 Å². The Bertz CT molecular complexity index is 1040. The van der Waals surface area contributed by atoms with Gasteiger partial charge >= 0.3 is 5.97 Å². The molecule has 0 saturated carbocycles. The number of carbonyl (C=O) groups is 1.